The number of anilines is 2. The molecule has 0 spiro atoms. The second-order valence-electron chi connectivity index (χ2n) is 14.0. The van der Waals surface area contributed by atoms with Gasteiger partial charge in [-0.05, 0) is 83.2 Å². The highest BCUT2D eigenvalue weighted by Crippen LogP contribution is 2.49. The summed E-state index contributed by atoms with van der Waals surface area (Å²) in [5, 5.41) is 0. The lowest BCUT2D eigenvalue weighted by atomic mass is 9.34. The maximum absolute atomic E-state index is 16.0. The summed E-state index contributed by atoms with van der Waals surface area (Å²) >= 11 is 0. The standard InChI is InChI=1S/C41H40BFN2/c1-26-22-23-44-38-19-10-12-29-25-36(38)42(35-17-11-14-32(40(35)44)37(43)24-26)34-16-8-9-18-39(34)45(29)27(2)20-21-30-28(3)41(4,5)33-15-7-6-13-31(30)33/h6-21,26,37H,3,22-25H2,1-2,4-5H3/b27-20+,30-21+. The zero-order valence-electron chi connectivity index (χ0n) is 26.8. The summed E-state index contributed by atoms with van der Waals surface area (Å²) in [6, 6.07) is 23.9. The van der Waals surface area contributed by atoms with Gasteiger partial charge in [-0.1, -0.05) is 106 Å². The number of hydrogen-bond donors (Lipinski definition) is 0. The quantitative estimate of drug-likeness (QED) is 0.275. The summed E-state index contributed by atoms with van der Waals surface area (Å²) in [6.07, 6.45) is 12.8. The van der Waals surface area contributed by atoms with Crippen molar-refractivity contribution in [1.29, 1.82) is 0 Å². The molecule has 0 saturated heterocycles. The number of nitrogens with zero attached hydrogens (tertiary/aromatic N) is 2. The van der Waals surface area contributed by atoms with Gasteiger partial charge in [-0.15, -0.1) is 0 Å². The van der Waals surface area contributed by atoms with Gasteiger partial charge in [-0.3, -0.25) is 0 Å². The second-order valence-corrected chi connectivity index (χ2v) is 14.0. The summed E-state index contributed by atoms with van der Waals surface area (Å²) in [6.45, 7) is 14.5. The minimum absolute atomic E-state index is 0.0658. The molecule has 5 aliphatic rings. The lowest BCUT2D eigenvalue weighted by Gasteiger charge is -2.41. The predicted molar refractivity (Wildman–Crippen MR) is 189 cm³/mol. The molecule has 0 amide bonds. The van der Waals surface area contributed by atoms with E-state index in [0.29, 0.717) is 12.3 Å². The largest absolute Gasteiger partial charge is 0.342 e. The van der Waals surface area contributed by atoms with Gasteiger partial charge in [0.1, 0.15) is 6.17 Å². The van der Waals surface area contributed by atoms with Crippen LogP contribution >= 0.6 is 0 Å². The summed E-state index contributed by atoms with van der Waals surface area (Å²) < 4.78 is 16.0. The Bertz CT molecular complexity index is 1920. The molecule has 0 N–H and O–H groups in total. The number of alkyl halides is 1. The lowest BCUT2D eigenvalue weighted by Crippen LogP contribution is -2.52. The monoisotopic (exact) mass is 590 g/mol. The molecule has 0 saturated carbocycles. The van der Waals surface area contributed by atoms with Crippen LogP contribution in [0.2, 0.25) is 0 Å². The Morgan fingerprint density at radius 1 is 1.02 bits per heavy atom. The van der Waals surface area contributed by atoms with E-state index in [0.717, 1.165) is 41.9 Å². The third-order valence-corrected chi connectivity index (χ3v) is 10.9. The van der Waals surface area contributed by atoms with Crippen LogP contribution in [0.15, 0.2) is 132 Å². The van der Waals surface area contributed by atoms with Gasteiger partial charge < -0.3 is 9.80 Å². The van der Waals surface area contributed by atoms with Gasteiger partial charge in [0.2, 0.25) is 6.71 Å². The van der Waals surface area contributed by atoms with Crippen LogP contribution in [0, 0.1) is 5.92 Å². The van der Waals surface area contributed by atoms with Gasteiger partial charge in [0.15, 0.2) is 0 Å². The fourth-order valence-corrected chi connectivity index (χ4v) is 8.49. The van der Waals surface area contributed by atoms with Crippen LogP contribution in [0.3, 0.4) is 0 Å². The smallest absolute Gasteiger partial charge is 0.245 e. The van der Waals surface area contributed by atoms with Crippen LogP contribution in [0.5, 0.6) is 0 Å². The minimum atomic E-state index is -0.959. The zero-order valence-corrected chi connectivity index (χ0v) is 26.8. The van der Waals surface area contributed by atoms with E-state index in [-0.39, 0.29) is 12.1 Å². The first kappa shape index (κ1) is 28.2. The van der Waals surface area contributed by atoms with E-state index < -0.39 is 6.17 Å². The van der Waals surface area contributed by atoms with Gasteiger partial charge in [0.05, 0.1) is 0 Å². The number of hydrogen-bond acceptors (Lipinski definition) is 2. The van der Waals surface area contributed by atoms with E-state index in [4.69, 9.17) is 0 Å². The van der Waals surface area contributed by atoms with Gasteiger partial charge >= 0.3 is 0 Å². The Morgan fingerprint density at radius 3 is 2.67 bits per heavy atom. The molecule has 0 fully saturated rings. The van der Waals surface area contributed by atoms with Crippen molar-refractivity contribution in [2.45, 2.75) is 58.5 Å². The summed E-state index contributed by atoms with van der Waals surface area (Å²) in [4.78, 5) is 4.90. The van der Waals surface area contributed by atoms with Crippen LogP contribution in [-0.2, 0) is 5.41 Å². The highest BCUT2D eigenvalue weighted by Gasteiger charge is 2.43. The fraction of sp³-hybridized carbons (Fsp3) is 0.268. The van der Waals surface area contributed by atoms with Gasteiger partial charge in [-0.25, -0.2) is 4.39 Å². The Hall–Kier alpha value is -4.31. The summed E-state index contributed by atoms with van der Waals surface area (Å²) in [7, 11) is 0. The average Bonchev–Trinajstić information content (AvgIpc) is 3.21. The molecule has 0 aromatic heterocycles. The van der Waals surface area contributed by atoms with Crippen molar-refractivity contribution in [1.82, 2.24) is 0 Å². The van der Waals surface area contributed by atoms with Crippen LogP contribution in [0.25, 0.3) is 5.57 Å². The fourth-order valence-electron chi connectivity index (χ4n) is 8.49. The number of para-hydroxylation sites is 2. The summed E-state index contributed by atoms with van der Waals surface area (Å²) in [5.41, 5.74) is 15.6. The Morgan fingerprint density at radius 2 is 1.80 bits per heavy atom. The van der Waals surface area contributed by atoms with Crippen molar-refractivity contribution in [2.75, 3.05) is 16.3 Å². The van der Waals surface area contributed by atoms with Crippen molar-refractivity contribution >= 4 is 34.6 Å². The zero-order chi connectivity index (χ0) is 31.0. The number of allylic oxidation sites excluding steroid dienone is 9. The first-order chi connectivity index (χ1) is 21.8. The number of benzene rings is 3. The van der Waals surface area contributed by atoms with Crippen LogP contribution in [0.4, 0.5) is 15.8 Å². The molecule has 3 aromatic rings. The van der Waals surface area contributed by atoms with Crippen molar-refractivity contribution in [3.63, 3.8) is 0 Å². The van der Waals surface area contributed by atoms with Gasteiger partial charge in [-0.2, -0.15) is 0 Å². The molecule has 2 unspecified atom stereocenters. The van der Waals surface area contributed by atoms with E-state index >= 15 is 4.39 Å². The molecule has 3 aromatic carbocycles. The lowest BCUT2D eigenvalue weighted by molar-refractivity contribution is 0.272. The van der Waals surface area contributed by atoms with E-state index in [2.05, 4.69) is 135 Å². The third kappa shape index (κ3) is 4.21. The molecule has 2 atom stereocenters. The van der Waals surface area contributed by atoms with Crippen molar-refractivity contribution in [3.05, 3.63) is 149 Å². The average molecular weight is 591 g/mol. The Kier molecular flexibility index (Phi) is 6.50. The second kappa shape index (κ2) is 10.4. The maximum Gasteiger partial charge on any atom is 0.245 e. The highest BCUT2D eigenvalue weighted by atomic mass is 19.1. The molecule has 2 bridgehead atoms. The molecule has 3 aliphatic heterocycles. The van der Waals surface area contributed by atoms with E-state index in [1.807, 2.05) is 6.07 Å². The number of fused-ring (bicyclic) bond motifs is 6. The molecular weight excluding hydrogens is 550 g/mol. The third-order valence-electron chi connectivity index (χ3n) is 10.9. The van der Waals surface area contributed by atoms with Crippen LogP contribution < -0.4 is 20.7 Å². The van der Waals surface area contributed by atoms with Crippen molar-refractivity contribution in [2.24, 2.45) is 5.92 Å². The number of rotatable bonds is 2. The molecule has 224 valence electrons. The molecule has 0 radical (unpaired) electrons. The van der Waals surface area contributed by atoms with E-state index in [1.54, 1.807) is 0 Å². The number of halogens is 1. The minimum Gasteiger partial charge on any atom is -0.342 e. The first-order valence-electron chi connectivity index (χ1n) is 16.5. The molecule has 45 heavy (non-hydrogen) atoms. The van der Waals surface area contributed by atoms with Crippen LogP contribution in [0.1, 0.15) is 69.8 Å². The van der Waals surface area contributed by atoms with Crippen molar-refractivity contribution in [3.8, 4) is 0 Å². The predicted octanol–water partition coefficient (Wildman–Crippen LogP) is 8.85. The molecule has 8 rings (SSSR count). The van der Waals surface area contributed by atoms with Gasteiger partial charge in [0.25, 0.3) is 0 Å². The summed E-state index contributed by atoms with van der Waals surface area (Å²) in [5.74, 6) is 0.337. The molecule has 3 heterocycles. The van der Waals surface area contributed by atoms with E-state index in [1.165, 1.54) is 50.2 Å². The first-order valence-corrected chi connectivity index (χ1v) is 16.5. The van der Waals surface area contributed by atoms with Gasteiger partial charge in [0, 0.05) is 52.4 Å². The molecule has 2 nitrogen and oxygen atoms in total. The van der Waals surface area contributed by atoms with Crippen LogP contribution in [-0.4, -0.2) is 13.3 Å². The molecular formula is C41H40BFN2. The van der Waals surface area contributed by atoms with E-state index in [9.17, 15) is 0 Å². The normalized spacial score (nSPS) is 24.0. The van der Waals surface area contributed by atoms with Crippen molar-refractivity contribution < 1.29 is 4.39 Å². The molecule has 4 heteroatoms. The highest BCUT2D eigenvalue weighted by molar-refractivity contribution is 6.93. The Labute approximate surface area is 267 Å². The Balaban J connectivity index is 1.30. The maximum atomic E-state index is 16.0. The SMILES string of the molecule is C=C1/C(=C\C=C(/C)N2C3=CC=CC4=C(C3)B(c3ccccc32)c2cccc3c2N4CCC(C)CC3F)c2ccccc2C1(C)C. The molecule has 2 aliphatic carbocycles. The topological polar surface area (TPSA) is 6.48 Å².